The Morgan fingerprint density at radius 1 is 1.21 bits per heavy atom. The summed E-state index contributed by atoms with van der Waals surface area (Å²) in [4.78, 5) is 15.6. The number of carbonyl (C=O) groups excluding carboxylic acids is 1. The molecule has 0 aliphatic heterocycles. The maximum Gasteiger partial charge on any atom is 0.355 e. The number of aliphatic hydroxyl groups is 3. The number of hydrogen-bond acceptors (Lipinski definition) is 7. The molecule has 1 heterocycles. The number of halogens is 1. The SMILES string of the molecule is CCCOC(=O)c1[nH]c(CNCCN)c(-c2ccc(CO)c(CO)c2CO)c1Br. The molecule has 0 amide bonds. The van der Waals surface area contributed by atoms with Gasteiger partial charge in [-0.15, -0.1) is 0 Å². The van der Waals surface area contributed by atoms with E-state index in [9.17, 15) is 20.1 Å². The highest BCUT2D eigenvalue weighted by molar-refractivity contribution is 9.10. The molecule has 0 saturated carbocycles. The van der Waals surface area contributed by atoms with Crippen molar-refractivity contribution in [2.75, 3.05) is 19.7 Å². The van der Waals surface area contributed by atoms with E-state index >= 15 is 0 Å². The predicted molar refractivity (Wildman–Crippen MR) is 113 cm³/mol. The van der Waals surface area contributed by atoms with Gasteiger partial charge >= 0.3 is 5.97 Å². The van der Waals surface area contributed by atoms with Crippen LogP contribution in [-0.4, -0.2) is 46.0 Å². The monoisotopic (exact) mass is 469 g/mol. The highest BCUT2D eigenvalue weighted by Crippen LogP contribution is 2.39. The number of H-pyrrole nitrogens is 1. The standard InChI is InChI=1S/C20H28BrN3O5/c1-2-7-29-20(28)19-18(21)17(16(24-19)8-23-6-5-22)13-4-3-12(9-25)14(10-26)15(13)11-27/h3-4,23-27H,2,5-11,22H2,1H3. The Balaban J connectivity index is 2.63. The molecule has 0 aliphatic carbocycles. The van der Waals surface area contributed by atoms with Crippen LogP contribution in [-0.2, 0) is 31.1 Å². The van der Waals surface area contributed by atoms with E-state index in [-0.39, 0.29) is 25.5 Å². The third kappa shape index (κ3) is 5.25. The van der Waals surface area contributed by atoms with Gasteiger partial charge in [0.2, 0.25) is 0 Å². The molecule has 0 radical (unpaired) electrons. The van der Waals surface area contributed by atoms with Gasteiger partial charge in [-0.3, -0.25) is 0 Å². The number of esters is 1. The Morgan fingerprint density at radius 2 is 1.93 bits per heavy atom. The number of ether oxygens (including phenoxy) is 1. The molecule has 1 aromatic carbocycles. The molecule has 7 N–H and O–H groups in total. The second-order valence-electron chi connectivity index (χ2n) is 6.47. The summed E-state index contributed by atoms with van der Waals surface area (Å²) in [6, 6.07) is 3.46. The van der Waals surface area contributed by atoms with Crippen LogP contribution in [0.25, 0.3) is 11.1 Å². The molecule has 0 unspecified atom stereocenters. The lowest BCUT2D eigenvalue weighted by atomic mass is 9.92. The minimum atomic E-state index is -0.482. The second kappa shape index (κ2) is 11.4. The summed E-state index contributed by atoms with van der Waals surface area (Å²) in [5.41, 5.74) is 9.38. The van der Waals surface area contributed by atoms with Crippen molar-refractivity contribution in [2.45, 2.75) is 39.7 Å². The Kier molecular flexibility index (Phi) is 9.28. The number of nitrogens with one attached hydrogen (secondary N) is 2. The average Bonchev–Trinajstić information content (AvgIpc) is 3.06. The van der Waals surface area contributed by atoms with E-state index in [1.807, 2.05) is 6.92 Å². The molecule has 9 heteroatoms. The number of aromatic nitrogens is 1. The zero-order valence-electron chi connectivity index (χ0n) is 16.4. The molecule has 0 atom stereocenters. The molecular weight excluding hydrogens is 442 g/mol. The van der Waals surface area contributed by atoms with Crippen LogP contribution in [0.1, 0.15) is 46.2 Å². The summed E-state index contributed by atoms with van der Waals surface area (Å²) < 4.78 is 5.78. The molecule has 160 valence electrons. The van der Waals surface area contributed by atoms with Crippen LogP contribution in [0.5, 0.6) is 0 Å². The fourth-order valence-electron chi connectivity index (χ4n) is 3.16. The van der Waals surface area contributed by atoms with E-state index in [0.29, 0.717) is 70.6 Å². The van der Waals surface area contributed by atoms with Crippen LogP contribution in [0.15, 0.2) is 16.6 Å². The van der Waals surface area contributed by atoms with Gasteiger partial charge in [0, 0.05) is 30.9 Å². The summed E-state index contributed by atoms with van der Waals surface area (Å²) in [7, 11) is 0. The van der Waals surface area contributed by atoms with Crippen molar-refractivity contribution in [3.8, 4) is 11.1 Å². The minimum absolute atomic E-state index is 0.253. The van der Waals surface area contributed by atoms with Gasteiger partial charge in [-0.2, -0.15) is 0 Å². The Labute approximate surface area is 178 Å². The van der Waals surface area contributed by atoms with Gasteiger partial charge in [0.1, 0.15) is 5.69 Å². The number of rotatable bonds is 11. The van der Waals surface area contributed by atoms with Gasteiger partial charge in [0.05, 0.1) is 30.9 Å². The smallest absolute Gasteiger partial charge is 0.355 e. The molecule has 2 aromatic rings. The van der Waals surface area contributed by atoms with Crippen LogP contribution in [0.3, 0.4) is 0 Å². The van der Waals surface area contributed by atoms with Crippen molar-refractivity contribution in [3.63, 3.8) is 0 Å². The molecule has 0 saturated heterocycles. The van der Waals surface area contributed by atoms with E-state index in [0.717, 1.165) is 0 Å². The maximum atomic E-state index is 12.5. The Morgan fingerprint density at radius 3 is 2.52 bits per heavy atom. The van der Waals surface area contributed by atoms with E-state index < -0.39 is 5.97 Å². The fraction of sp³-hybridized carbons (Fsp3) is 0.450. The van der Waals surface area contributed by atoms with Crippen molar-refractivity contribution in [1.29, 1.82) is 0 Å². The Hall–Kier alpha value is -1.75. The highest BCUT2D eigenvalue weighted by atomic mass is 79.9. The quantitative estimate of drug-likeness (QED) is 0.216. The van der Waals surface area contributed by atoms with Crippen LogP contribution >= 0.6 is 15.9 Å². The van der Waals surface area contributed by atoms with Crippen molar-refractivity contribution >= 4 is 21.9 Å². The van der Waals surface area contributed by atoms with Gasteiger partial charge < -0.3 is 36.1 Å². The molecule has 0 fully saturated rings. The summed E-state index contributed by atoms with van der Waals surface area (Å²) in [5.74, 6) is -0.482. The van der Waals surface area contributed by atoms with Crippen molar-refractivity contribution in [2.24, 2.45) is 5.73 Å². The summed E-state index contributed by atoms with van der Waals surface area (Å²) in [6.07, 6.45) is 0.707. The van der Waals surface area contributed by atoms with Gasteiger partial charge in [-0.05, 0) is 44.6 Å². The van der Waals surface area contributed by atoms with Crippen LogP contribution in [0.4, 0.5) is 0 Å². The van der Waals surface area contributed by atoms with E-state index in [1.165, 1.54) is 0 Å². The first-order chi connectivity index (χ1) is 14.0. The lowest BCUT2D eigenvalue weighted by Gasteiger charge is -2.16. The van der Waals surface area contributed by atoms with Gasteiger partial charge in [0.25, 0.3) is 0 Å². The van der Waals surface area contributed by atoms with E-state index in [1.54, 1.807) is 12.1 Å². The molecule has 0 aliphatic rings. The fourth-order valence-corrected chi connectivity index (χ4v) is 3.88. The number of carbonyl (C=O) groups is 1. The first-order valence-corrected chi connectivity index (χ1v) is 10.3. The number of hydrogen-bond donors (Lipinski definition) is 6. The van der Waals surface area contributed by atoms with Gasteiger partial charge in [-0.25, -0.2) is 4.79 Å². The predicted octanol–water partition coefficient (Wildman–Crippen LogP) is 1.54. The summed E-state index contributed by atoms with van der Waals surface area (Å²) in [5, 5.41) is 32.5. The zero-order chi connectivity index (χ0) is 21.4. The molecule has 29 heavy (non-hydrogen) atoms. The molecular formula is C20H28BrN3O5. The second-order valence-corrected chi connectivity index (χ2v) is 7.27. The lowest BCUT2D eigenvalue weighted by molar-refractivity contribution is 0.0497. The largest absolute Gasteiger partial charge is 0.461 e. The minimum Gasteiger partial charge on any atom is -0.461 e. The third-order valence-electron chi connectivity index (χ3n) is 4.57. The Bertz CT molecular complexity index is 838. The molecule has 1 aromatic heterocycles. The van der Waals surface area contributed by atoms with E-state index in [4.69, 9.17) is 10.5 Å². The number of aliphatic hydroxyl groups excluding tert-OH is 3. The van der Waals surface area contributed by atoms with Gasteiger partial charge in [0.15, 0.2) is 0 Å². The zero-order valence-corrected chi connectivity index (χ0v) is 18.0. The van der Waals surface area contributed by atoms with Crippen molar-refractivity contribution in [1.82, 2.24) is 10.3 Å². The normalized spacial score (nSPS) is 11.1. The molecule has 2 rings (SSSR count). The topological polar surface area (TPSA) is 141 Å². The van der Waals surface area contributed by atoms with Crippen molar-refractivity contribution in [3.05, 3.63) is 44.7 Å². The molecule has 0 spiro atoms. The van der Waals surface area contributed by atoms with Crippen LogP contribution < -0.4 is 11.1 Å². The summed E-state index contributed by atoms with van der Waals surface area (Å²) >= 11 is 3.51. The first kappa shape index (κ1) is 23.5. The van der Waals surface area contributed by atoms with Gasteiger partial charge in [-0.1, -0.05) is 19.1 Å². The third-order valence-corrected chi connectivity index (χ3v) is 5.36. The number of benzene rings is 1. The van der Waals surface area contributed by atoms with Crippen LogP contribution in [0.2, 0.25) is 0 Å². The molecule has 0 bridgehead atoms. The lowest BCUT2D eigenvalue weighted by Crippen LogP contribution is -2.22. The average molecular weight is 470 g/mol. The number of aromatic amines is 1. The maximum absolute atomic E-state index is 12.5. The molecule has 8 nitrogen and oxygen atoms in total. The summed E-state index contributed by atoms with van der Waals surface area (Å²) in [6.45, 7) is 2.77. The van der Waals surface area contributed by atoms with Crippen molar-refractivity contribution < 1.29 is 24.9 Å². The van der Waals surface area contributed by atoms with E-state index in [2.05, 4.69) is 26.2 Å². The highest BCUT2D eigenvalue weighted by Gasteiger charge is 2.25. The number of nitrogens with two attached hydrogens (primary N) is 1. The van der Waals surface area contributed by atoms with Crippen LogP contribution in [0, 0.1) is 0 Å². The first-order valence-electron chi connectivity index (χ1n) is 9.48.